The van der Waals surface area contributed by atoms with Gasteiger partial charge in [0.2, 0.25) is 22.7 Å². The van der Waals surface area contributed by atoms with Gasteiger partial charge in [-0.3, -0.25) is 0 Å². The van der Waals surface area contributed by atoms with Crippen LogP contribution in [-0.4, -0.2) is 20.2 Å². The first-order valence-electron chi connectivity index (χ1n) is 6.03. The van der Waals surface area contributed by atoms with Crippen LogP contribution in [0.25, 0.3) is 0 Å². The Morgan fingerprint density at radius 3 is 2.86 bits per heavy atom. The highest BCUT2D eigenvalue weighted by Gasteiger charge is 2.17. The van der Waals surface area contributed by atoms with Crippen LogP contribution in [0, 0.1) is 0 Å². The number of nitrogens with two attached hydrogens (primary N) is 1. The van der Waals surface area contributed by atoms with Crippen LogP contribution in [0.1, 0.15) is 5.56 Å². The molecule has 2 aromatic rings. The Hall–Kier alpha value is -2.32. The van der Waals surface area contributed by atoms with Crippen LogP contribution in [0.5, 0.6) is 17.4 Å². The van der Waals surface area contributed by atoms with E-state index in [0.717, 1.165) is 5.56 Å². The number of sulfonamides is 1. The third-order valence-electron chi connectivity index (χ3n) is 2.86. The molecule has 8 heteroatoms. The predicted octanol–water partition coefficient (Wildman–Crippen LogP) is 1.04. The zero-order chi connectivity index (χ0) is 14.9. The van der Waals surface area contributed by atoms with Crippen LogP contribution < -0.4 is 19.3 Å². The summed E-state index contributed by atoms with van der Waals surface area (Å²) in [5.41, 5.74) is 0.797. The molecule has 0 spiro atoms. The minimum atomic E-state index is -3.88. The van der Waals surface area contributed by atoms with Gasteiger partial charge in [0.25, 0.3) is 0 Å². The lowest BCUT2D eigenvalue weighted by atomic mass is 10.2. The molecular formula is C13H12N2O5S. The van der Waals surface area contributed by atoms with Crippen molar-refractivity contribution in [3.63, 3.8) is 0 Å². The number of rotatable bonds is 4. The maximum Gasteiger partial charge on any atom is 0.243 e. The van der Waals surface area contributed by atoms with E-state index >= 15 is 0 Å². The lowest BCUT2D eigenvalue weighted by Crippen LogP contribution is -2.14. The molecule has 1 aromatic carbocycles. The average molecular weight is 308 g/mol. The minimum absolute atomic E-state index is 0.0299. The molecule has 110 valence electrons. The second-order valence-electron chi connectivity index (χ2n) is 4.33. The van der Waals surface area contributed by atoms with Gasteiger partial charge in [0.1, 0.15) is 11.5 Å². The van der Waals surface area contributed by atoms with Gasteiger partial charge < -0.3 is 14.2 Å². The van der Waals surface area contributed by atoms with E-state index in [0.29, 0.717) is 11.5 Å². The Balaban J connectivity index is 1.80. The zero-order valence-corrected chi connectivity index (χ0v) is 11.7. The summed E-state index contributed by atoms with van der Waals surface area (Å²) in [6, 6.07) is 8.15. The fourth-order valence-electron chi connectivity index (χ4n) is 1.88. The minimum Gasteiger partial charge on any atom is -0.472 e. The molecule has 0 fully saturated rings. The SMILES string of the molecule is NS(=O)(=O)c1cccnc1OCc1ccc2c(c1)OCO2. The monoisotopic (exact) mass is 308 g/mol. The summed E-state index contributed by atoms with van der Waals surface area (Å²) in [4.78, 5) is 3.75. The first-order valence-corrected chi connectivity index (χ1v) is 7.58. The van der Waals surface area contributed by atoms with Crippen LogP contribution >= 0.6 is 0 Å². The van der Waals surface area contributed by atoms with Crippen molar-refractivity contribution in [2.75, 3.05) is 6.79 Å². The number of primary sulfonamides is 1. The largest absolute Gasteiger partial charge is 0.472 e. The van der Waals surface area contributed by atoms with Crippen molar-refractivity contribution in [3.8, 4) is 17.4 Å². The number of pyridine rings is 1. The topological polar surface area (TPSA) is 101 Å². The summed E-state index contributed by atoms with van der Waals surface area (Å²) in [7, 11) is -3.88. The Morgan fingerprint density at radius 1 is 1.24 bits per heavy atom. The van der Waals surface area contributed by atoms with Crippen molar-refractivity contribution in [1.82, 2.24) is 4.98 Å². The quantitative estimate of drug-likeness (QED) is 0.905. The number of ether oxygens (including phenoxy) is 3. The van der Waals surface area contributed by atoms with Crippen LogP contribution in [0.4, 0.5) is 0 Å². The van der Waals surface area contributed by atoms with Crippen molar-refractivity contribution in [3.05, 3.63) is 42.1 Å². The molecule has 21 heavy (non-hydrogen) atoms. The van der Waals surface area contributed by atoms with Crippen molar-refractivity contribution in [2.24, 2.45) is 5.14 Å². The smallest absolute Gasteiger partial charge is 0.243 e. The summed E-state index contributed by atoms with van der Waals surface area (Å²) < 4.78 is 38.8. The third-order valence-corrected chi connectivity index (χ3v) is 3.78. The van der Waals surface area contributed by atoms with E-state index in [1.165, 1.54) is 18.3 Å². The highest BCUT2D eigenvalue weighted by atomic mass is 32.2. The van der Waals surface area contributed by atoms with Crippen molar-refractivity contribution < 1.29 is 22.6 Å². The predicted molar refractivity (Wildman–Crippen MR) is 72.5 cm³/mol. The molecule has 0 saturated carbocycles. The van der Waals surface area contributed by atoms with Gasteiger partial charge >= 0.3 is 0 Å². The van der Waals surface area contributed by atoms with E-state index in [4.69, 9.17) is 19.3 Å². The first kappa shape index (κ1) is 13.7. The van der Waals surface area contributed by atoms with Crippen molar-refractivity contribution in [1.29, 1.82) is 0 Å². The molecule has 1 aliphatic rings. The fraction of sp³-hybridized carbons (Fsp3) is 0.154. The number of nitrogens with zero attached hydrogens (tertiary/aromatic N) is 1. The van der Waals surface area contributed by atoms with E-state index in [1.807, 2.05) is 0 Å². The molecule has 2 N–H and O–H groups in total. The molecule has 0 radical (unpaired) electrons. The van der Waals surface area contributed by atoms with Crippen molar-refractivity contribution in [2.45, 2.75) is 11.5 Å². The van der Waals surface area contributed by atoms with Gasteiger partial charge in [-0.15, -0.1) is 0 Å². The Labute approximate surface area is 121 Å². The summed E-state index contributed by atoms with van der Waals surface area (Å²) >= 11 is 0. The maximum absolute atomic E-state index is 11.4. The third kappa shape index (κ3) is 2.91. The summed E-state index contributed by atoms with van der Waals surface area (Å²) in [6.45, 7) is 0.325. The molecule has 3 rings (SSSR count). The van der Waals surface area contributed by atoms with E-state index in [-0.39, 0.29) is 24.2 Å². The molecule has 0 aliphatic carbocycles. The van der Waals surface area contributed by atoms with Gasteiger partial charge in [-0.2, -0.15) is 0 Å². The molecule has 0 unspecified atom stereocenters. The second-order valence-corrected chi connectivity index (χ2v) is 5.86. The number of fused-ring (bicyclic) bond motifs is 1. The van der Waals surface area contributed by atoms with Crippen LogP contribution in [-0.2, 0) is 16.6 Å². The molecule has 0 bridgehead atoms. The zero-order valence-electron chi connectivity index (χ0n) is 10.9. The summed E-state index contributed by atoms with van der Waals surface area (Å²) in [5.74, 6) is 1.27. The molecule has 0 amide bonds. The van der Waals surface area contributed by atoms with E-state index in [1.54, 1.807) is 18.2 Å². The lowest BCUT2D eigenvalue weighted by molar-refractivity contribution is 0.174. The Morgan fingerprint density at radius 2 is 2.05 bits per heavy atom. The highest BCUT2D eigenvalue weighted by molar-refractivity contribution is 7.89. The molecule has 1 aliphatic heterocycles. The molecule has 1 aromatic heterocycles. The summed E-state index contributed by atoms with van der Waals surface area (Å²) in [5, 5.41) is 5.12. The van der Waals surface area contributed by atoms with Crippen LogP contribution in [0.3, 0.4) is 0 Å². The molecule has 2 heterocycles. The normalized spacial score (nSPS) is 13.2. The van der Waals surface area contributed by atoms with E-state index in [2.05, 4.69) is 4.98 Å². The Kier molecular flexibility index (Phi) is 3.40. The fourth-order valence-corrected chi connectivity index (χ4v) is 2.51. The molecular weight excluding hydrogens is 296 g/mol. The van der Waals surface area contributed by atoms with E-state index in [9.17, 15) is 8.42 Å². The number of hydrogen-bond acceptors (Lipinski definition) is 6. The Bertz CT molecular complexity index is 776. The van der Waals surface area contributed by atoms with Gasteiger partial charge in [0, 0.05) is 6.20 Å². The standard InChI is InChI=1S/C13H12N2O5S/c14-21(16,17)12-2-1-5-15-13(12)18-7-9-3-4-10-11(6-9)20-8-19-10/h1-6H,7-8H2,(H2,14,16,17). The molecule has 0 atom stereocenters. The molecule has 0 saturated heterocycles. The van der Waals surface area contributed by atoms with Crippen molar-refractivity contribution >= 4 is 10.0 Å². The van der Waals surface area contributed by atoms with Gasteiger partial charge in [-0.05, 0) is 29.8 Å². The number of hydrogen-bond donors (Lipinski definition) is 1. The van der Waals surface area contributed by atoms with Gasteiger partial charge in [-0.25, -0.2) is 18.5 Å². The lowest BCUT2D eigenvalue weighted by Gasteiger charge is -2.09. The summed E-state index contributed by atoms with van der Waals surface area (Å²) in [6.07, 6.45) is 1.43. The molecule has 7 nitrogen and oxygen atoms in total. The highest BCUT2D eigenvalue weighted by Crippen LogP contribution is 2.32. The second kappa shape index (κ2) is 5.23. The van der Waals surface area contributed by atoms with Gasteiger partial charge in [-0.1, -0.05) is 6.07 Å². The van der Waals surface area contributed by atoms with Gasteiger partial charge in [0.15, 0.2) is 11.5 Å². The van der Waals surface area contributed by atoms with E-state index < -0.39 is 10.0 Å². The van der Waals surface area contributed by atoms with Crippen LogP contribution in [0.15, 0.2) is 41.4 Å². The average Bonchev–Trinajstić information content (AvgIpc) is 2.92. The first-order chi connectivity index (χ1) is 10.0. The van der Waals surface area contributed by atoms with Gasteiger partial charge in [0.05, 0.1) is 0 Å². The number of aromatic nitrogens is 1. The maximum atomic E-state index is 11.4. The van der Waals surface area contributed by atoms with Crippen LogP contribution in [0.2, 0.25) is 0 Å². The number of benzene rings is 1.